The largest absolute Gasteiger partial charge is 0.489 e. The fraction of sp³-hybridized carbons (Fsp3) is 0.476. The highest BCUT2D eigenvalue weighted by Gasteiger charge is 2.20. The molecule has 9 heteroatoms. The van der Waals surface area contributed by atoms with Crippen LogP contribution in [0.3, 0.4) is 0 Å². The number of azo groups is 1. The Morgan fingerprint density at radius 1 is 1.17 bits per heavy atom. The van der Waals surface area contributed by atoms with Crippen LogP contribution in [0.5, 0.6) is 11.6 Å². The molecule has 1 unspecified atom stereocenters. The lowest BCUT2D eigenvalue weighted by atomic mass is 10.1. The first-order chi connectivity index (χ1) is 14.3. The second kappa shape index (κ2) is 11.2. The summed E-state index contributed by atoms with van der Waals surface area (Å²) in [7, 11) is 0. The van der Waals surface area contributed by atoms with E-state index in [1.54, 1.807) is 36.4 Å². The standard InChI is InChI=1S/C21H28N6O3/c1-15(2)24-25-19-9-10-20(27-26-19)30-14-21(3,4)23-12-17(28)13-29-18-8-6-5-7-16(18)11-22/h5-10,15,17,23,28H,12-14H2,1-4H3. The van der Waals surface area contributed by atoms with E-state index < -0.39 is 11.6 Å². The average molecular weight is 412 g/mol. The van der Waals surface area contributed by atoms with E-state index in [1.807, 2.05) is 27.7 Å². The minimum Gasteiger partial charge on any atom is -0.489 e. The fourth-order valence-corrected chi connectivity index (χ4v) is 2.25. The van der Waals surface area contributed by atoms with Crippen LogP contribution < -0.4 is 14.8 Å². The van der Waals surface area contributed by atoms with Crippen molar-refractivity contribution in [1.82, 2.24) is 15.5 Å². The molecule has 1 aromatic carbocycles. The number of hydrogen-bond donors (Lipinski definition) is 2. The van der Waals surface area contributed by atoms with Gasteiger partial charge in [-0.05, 0) is 45.9 Å². The third-order valence-electron chi connectivity index (χ3n) is 3.85. The molecule has 0 spiro atoms. The lowest BCUT2D eigenvalue weighted by molar-refractivity contribution is 0.0921. The fourth-order valence-electron chi connectivity index (χ4n) is 2.25. The highest BCUT2D eigenvalue weighted by molar-refractivity contribution is 5.42. The number of β-amino-alcohol motifs (C(OH)–C–C–N with tert-alkyl or cyclic N) is 1. The van der Waals surface area contributed by atoms with Gasteiger partial charge in [-0.2, -0.15) is 10.4 Å². The van der Waals surface area contributed by atoms with Crippen LogP contribution in [-0.4, -0.2) is 52.7 Å². The maximum atomic E-state index is 10.2. The van der Waals surface area contributed by atoms with Crippen LogP contribution in [0.15, 0.2) is 46.6 Å². The maximum absolute atomic E-state index is 10.2. The average Bonchev–Trinajstić information content (AvgIpc) is 2.74. The molecule has 2 rings (SSSR count). The maximum Gasteiger partial charge on any atom is 0.233 e. The van der Waals surface area contributed by atoms with Crippen LogP contribution in [0.2, 0.25) is 0 Å². The van der Waals surface area contributed by atoms with Gasteiger partial charge < -0.3 is 19.9 Å². The Morgan fingerprint density at radius 2 is 1.93 bits per heavy atom. The molecule has 2 aromatic rings. The van der Waals surface area contributed by atoms with Crippen molar-refractivity contribution in [2.75, 3.05) is 19.8 Å². The Kier molecular flexibility index (Phi) is 8.65. The third-order valence-corrected chi connectivity index (χ3v) is 3.85. The molecule has 0 amide bonds. The summed E-state index contributed by atoms with van der Waals surface area (Å²) in [5.41, 5.74) is 0.00710. The van der Waals surface area contributed by atoms with E-state index in [-0.39, 0.29) is 12.6 Å². The normalized spacial score (nSPS) is 12.7. The summed E-state index contributed by atoms with van der Waals surface area (Å²) in [5, 5.41) is 38.4. The minimum absolute atomic E-state index is 0.0699. The minimum atomic E-state index is -0.749. The Morgan fingerprint density at radius 3 is 2.60 bits per heavy atom. The van der Waals surface area contributed by atoms with Gasteiger partial charge in [0.1, 0.15) is 31.1 Å². The van der Waals surface area contributed by atoms with E-state index in [9.17, 15) is 5.11 Å². The molecule has 0 aliphatic carbocycles. The molecule has 2 N–H and O–H groups in total. The Balaban J connectivity index is 1.76. The van der Waals surface area contributed by atoms with Crippen molar-refractivity contribution in [3.63, 3.8) is 0 Å². The number of aliphatic hydroxyl groups excluding tert-OH is 1. The molecule has 160 valence electrons. The molecule has 0 aliphatic heterocycles. The summed E-state index contributed by atoms with van der Waals surface area (Å²) in [6, 6.07) is 12.4. The van der Waals surface area contributed by atoms with Crippen molar-refractivity contribution >= 4 is 5.82 Å². The zero-order valence-electron chi connectivity index (χ0n) is 17.7. The van der Waals surface area contributed by atoms with Gasteiger partial charge in [0.15, 0.2) is 5.82 Å². The number of nitrogens with one attached hydrogen (secondary N) is 1. The van der Waals surface area contributed by atoms with E-state index in [0.29, 0.717) is 36.2 Å². The van der Waals surface area contributed by atoms with Gasteiger partial charge in [0.25, 0.3) is 0 Å². The number of nitrogens with zero attached hydrogens (tertiary/aromatic N) is 5. The third kappa shape index (κ3) is 8.11. The van der Waals surface area contributed by atoms with E-state index in [1.165, 1.54) is 0 Å². The van der Waals surface area contributed by atoms with Gasteiger partial charge in [-0.3, -0.25) is 0 Å². The number of para-hydroxylation sites is 1. The molecule has 0 bridgehead atoms. The van der Waals surface area contributed by atoms with Crippen molar-refractivity contribution < 1.29 is 14.6 Å². The van der Waals surface area contributed by atoms with Crippen molar-refractivity contribution in [2.24, 2.45) is 10.2 Å². The molecule has 30 heavy (non-hydrogen) atoms. The zero-order valence-corrected chi connectivity index (χ0v) is 17.7. The predicted molar refractivity (Wildman–Crippen MR) is 112 cm³/mol. The molecule has 0 radical (unpaired) electrons. The van der Waals surface area contributed by atoms with Crippen LogP contribution >= 0.6 is 0 Å². The molecule has 1 heterocycles. The molecular formula is C21H28N6O3. The number of hydrogen-bond acceptors (Lipinski definition) is 9. The van der Waals surface area contributed by atoms with E-state index in [4.69, 9.17) is 14.7 Å². The molecule has 0 saturated carbocycles. The highest BCUT2D eigenvalue weighted by atomic mass is 16.5. The summed E-state index contributed by atoms with van der Waals surface area (Å²) in [5.74, 6) is 1.26. The molecular weight excluding hydrogens is 384 g/mol. The Hall–Kier alpha value is -3.09. The van der Waals surface area contributed by atoms with Gasteiger partial charge >= 0.3 is 0 Å². The molecule has 9 nitrogen and oxygen atoms in total. The van der Waals surface area contributed by atoms with E-state index in [2.05, 4.69) is 31.8 Å². The van der Waals surface area contributed by atoms with Crippen molar-refractivity contribution in [3.05, 3.63) is 42.0 Å². The summed E-state index contributed by atoms with van der Waals surface area (Å²) in [4.78, 5) is 0. The first kappa shape index (κ1) is 23.2. The number of benzene rings is 1. The van der Waals surface area contributed by atoms with Crippen LogP contribution in [-0.2, 0) is 0 Å². The second-order valence-corrected chi connectivity index (χ2v) is 7.67. The summed E-state index contributed by atoms with van der Waals surface area (Å²) in [6.45, 7) is 8.44. The van der Waals surface area contributed by atoms with Gasteiger partial charge in [0.05, 0.1) is 11.6 Å². The van der Waals surface area contributed by atoms with Gasteiger partial charge in [-0.15, -0.1) is 15.3 Å². The zero-order chi connectivity index (χ0) is 22.0. The van der Waals surface area contributed by atoms with Gasteiger partial charge in [-0.1, -0.05) is 12.1 Å². The predicted octanol–water partition coefficient (Wildman–Crippen LogP) is 3.03. The molecule has 0 aliphatic rings. The van der Waals surface area contributed by atoms with Crippen molar-refractivity contribution in [3.8, 4) is 17.7 Å². The Bertz CT molecular complexity index is 862. The number of aromatic nitrogens is 2. The number of nitriles is 1. The number of ether oxygens (including phenoxy) is 2. The van der Waals surface area contributed by atoms with Crippen LogP contribution in [0.1, 0.15) is 33.3 Å². The SMILES string of the molecule is CC(C)N=Nc1ccc(OCC(C)(C)NCC(O)COc2ccccc2C#N)nn1. The summed E-state index contributed by atoms with van der Waals surface area (Å²) >= 11 is 0. The lowest BCUT2D eigenvalue weighted by Gasteiger charge is -2.27. The van der Waals surface area contributed by atoms with Gasteiger partial charge in [0, 0.05) is 18.2 Å². The highest BCUT2D eigenvalue weighted by Crippen LogP contribution is 2.17. The molecule has 0 saturated heterocycles. The quantitative estimate of drug-likeness (QED) is 0.543. The van der Waals surface area contributed by atoms with E-state index >= 15 is 0 Å². The molecule has 0 fully saturated rings. The molecule has 1 atom stereocenters. The summed E-state index contributed by atoms with van der Waals surface area (Å²) < 4.78 is 11.2. The van der Waals surface area contributed by atoms with E-state index in [0.717, 1.165) is 0 Å². The monoisotopic (exact) mass is 412 g/mol. The van der Waals surface area contributed by atoms with Gasteiger partial charge in [0.2, 0.25) is 5.88 Å². The first-order valence-corrected chi connectivity index (χ1v) is 9.71. The van der Waals surface area contributed by atoms with Crippen LogP contribution in [0.25, 0.3) is 0 Å². The molecule has 1 aromatic heterocycles. The van der Waals surface area contributed by atoms with Gasteiger partial charge in [-0.25, -0.2) is 0 Å². The lowest BCUT2D eigenvalue weighted by Crippen LogP contribution is -2.48. The topological polar surface area (TPSA) is 125 Å². The summed E-state index contributed by atoms with van der Waals surface area (Å²) in [6.07, 6.45) is -0.749. The number of aliphatic hydroxyl groups is 1. The van der Waals surface area contributed by atoms with Crippen LogP contribution in [0.4, 0.5) is 5.82 Å². The Labute approximate surface area is 176 Å². The smallest absolute Gasteiger partial charge is 0.233 e. The first-order valence-electron chi connectivity index (χ1n) is 9.71. The van der Waals surface area contributed by atoms with Crippen LogP contribution in [0, 0.1) is 11.3 Å². The second-order valence-electron chi connectivity index (χ2n) is 7.67. The number of rotatable bonds is 11. The van der Waals surface area contributed by atoms with Crippen molar-refractivity contribution in [2.45, 2.75) is 45.4 Å². The van der Waals surface area contributed by atoms with Crippen molar-refractivity contribution in [1.29, 1.82) is 5.26 Å².